The summed E-state index contributed by atoms with van der Waals surface area (Å²) in [5, 5.41) is 5.94. The number of nitrogens with one attached hydrogen (secondary N) is 2. The zero-order valence-electron chi connectivity index (χ0n) is 10.8. The van der Waals surface area contributed by atoms with Gasteiger partial charge in [0, 0.05) is 24.6 Å². The van der Waals surface area contributed by atoms with Gasteiger partial charge in [-0.15, -0.1) is 0 Å². The molecule has 0 unspecified atom stereocenters. The maximum atomic E-state index is 11.7. The van der Waals surface area contributed by atoms with Gasteiger partial charge >= 0.3 is 0 Å². The minimum absolute atomic E-state index is 0.163. The van der Waals surface area contributed by atoms with Crippen molar-refractivity contribution in [2.45, 2.75) is 13.5 Å². The Kier molecular flexibility index (Phi) is 4.44. The molecule has 0 bridgehead atoms. The van der Waals surface area contributed by atoms with E-state index in [1.165, 1.54) is 0 Å². The van der Waals surface area contributed by atoms with Gasteiger partial charge in [-0.3, -0.25) is 14.8 Å². The lowest BCUT2D eigenvalue weighted by molar-refractivity contribution is 0.0951. The Morgan fingerprint density at radius 1 is 1.21 bits per heavy atom. The van der Waals surface area contributed by atoms with Gasteiger partial charge in [0.25, 0.3) is 5.91 Å². The first kappa shape index (κ1) is 13.0. The van der Waals surface area contributed by atoms with Gasteiger partial charge in [-0.2, -0.15) is 0 Å². The zero-order valence-corrected chi connectivity index (χ0v) is 10.8. The fourth-order valence-corrected chi connectivity index (χ4v) is 1.61. The molecule has 0 spiro atoms. The molecule has 2 heterocycles. The first-order chi connectivity index (χ1) is 9.29. The molecule has 0 aliphatic heterocycles. The highest BCUT2D eigenvalue weighted by Crippen LogP contribution is 2.09. The normalized spacial score (nSPS) is 9.95. The molecule has 19 heavy (non-hydrogen) atoms. The summed E-state index contributed by atoms with van der Waals surface area (Å²) in [5.41, 5.74) is 2.20. The third kappa shape index (κ3) is 3.77. The number of carbonyl (C=O) groups excluding carboxylic acids is 1. The molecule has 0 aromatic carbocycles. The largest absolute Gasteiger partial charge is 0.379 e. The second-order valence-electron chi connectivity index (χ2n) is 3.96. The molecule has 0 radical (unpaired) electrons. The Bertz CT molecular complexity index is 542. The van der Waals surface area contributed by atoms with Crippen LogP contribution in [0.3, 0.4) is 0 Å². The van der Waals surface area contributed by atoms with E-state index in [2.05, 4.69) is 20.6 Å². The van der Waals surface area contributed by atoms with Gasteiger partial charge < -0.3 is 10.6 Å². The number of pyridine rings is 2. The molecule has 2 N–H and O–H groups in total. The Morgan fingerprint density at radius 3 is 2.84 bits per heavy atom. The summed E-state index contributed by atoms with van der Waals surface area (Å²) in [6.07, 6.45) is 3.37. The molecule has 0 aliphatic rings. The molecule has 0 aliphatic carbocycles. The van der Waals surface area contributed by atoms with Crippen molar-refractivity contribution in [2.75, 3.05) is 11.9 Å². The maximum Gasteiger partial charge on any atom is 0.269 e. The molecule has 0 saturated carbocycles. The predicted octanol–water partition coefficient (Wildman–Crippen LogP) is 1.84. The number of carbonyl (C=O) groups is 1. The van der Waals surface area contributed by atoms with Crippen molar-refractivity contribution in [3.05, 3.63) is 54.1 Å². The number of rotatable bonds is 5. The van der Waals surface area contributed by atoms with Crippen LogP contribution in [0.1, 0.15) is 23.1 Å². The average molecular weight is 256 g/mol. The van der Waals surface area contributed by atoms with E-state index in [1.54, 1.807) is 18.5 Å². The van der Waals surface area contributed by atoms with Gasteiger partial charge in [0.1, 0.15) is 5.69 Å². The smallest absolute Gasteiger partial charge is 0.269 e. The van der Waals surface area contributed by atoms with E-state index in [0.717, 1.165) is 11.4 Å². The van der Waals surface area contributed by atoms with Crippen LogP contribution in [0.5, 0.6) is 0 Å². The summed E-state index contributed by atoms with van der Waals surface area (Å²) in [5.74, 6) is -0.163. The van der Waals surface area contributed by atoms with E-state index in [9.17, 15) is 4.79 Å². The van der Waals surface area contributed by atoms with Gasteiger partial charge in [-0.1, -0.05) is 6.07 Å². The lowest BCUT2D eigenvalue weighted by Crippen LogP contribution is -2.23. The van der Waals surface area contributed by atoms with Crippen molar-refractivity contribution >= 4 is 11.6 Å². The Morgan fingerprint density at radius 2 is 2.11 bits per heavy atom. The third-order valence-electron chi connectivity index (χ3n) is 2.53. The van der Waals surface area contributed by atoms with Crippen LogP contribution in [0.2, 0.25) is 0 Å². The van der Waals surface area contributed by atoms with Crippen LogP contribution in [0.4, 0.5) is 5.69 Å². The summed E-state index contributed by atoms with van der Waals surface area (Å²) >= 11 is 0. The van der Waals surface area contributed by atoms with Crippen LogP contribution in [-0.4, -0.2) is 22.4 Å². The van der Waals surface area contributed by atoms with E-state index in [-0.39, 0.29) is 5.91 Å². The molecule has 0 saturated heterocycles. The molecule has 2 aromatic rings. The van der Waals surface area contributed by atoms with E-state index < -0.39 is 0 Å². The lowest BCUT2D eigenvalue weighted by atomic mass is 10.3. The summed E-state index contributed by atoms with van der Waals surface area (Å²) in [4.78, 5) is 19.9. The number of aromatic nitrogens is 2. The van der Waals surface area contributed by atoms with E-state index >= 15 is 0 Å². The number of nitrogens with zero attached hydrogens (tertiary/aromatic N) is 2. The molecular formula is C14H16N4O. The first-order valence-electron chi connectivity index (χ1n) is 6.17. The van der Waals surface area contributed by atoms with Crippen LogP contribution in [0.15, 0.2) is 42.7 Å². The summed E-state index contributed by atoms with van der Waals surface area (Å²) < 4.78 is 0. The van der Waals surface area contributed by atoms with Crippen molar-refractivity contribution < 1.29 is 4.79 Å². The number of amides is 1. The summed E-state index contributed by atoms with van der Waals surface area (Å²) in [7, 11) is 0. The first-order valence-corrected chi connectivity index (χ1v) is 6.17. The highest BCUT2D eigenvalue weighted by Gasteiger charge is 2.06. The van der Waals surface area contributed by atoms with E-state index in [0.29, 0.717) is 18.8 Å². The van der Waals surface area contributed by atoms with Crippen LogP contribution in [-0.2, 0) is 6.54 Å². The van der Waals surface area contributed by atoms with Gasteiger partial charge in [0.05, 0.1) is 12.2 Å². The Balaban J connectivity index is 2.01. The van der Waals surface area contributed by atoms with Gasteiger partial charge in [0.15, 0.2) is 0 Å². The van der Waals surface area contributed by atoms with Crippen LogP contribution in [0, 0.1) is 0 Å². The Labute approximate surface area is 112 Å². The average Bonchev–Trinajstić information content (AvgIpc) is 2.47. The van der Waals surface area contributed by atoms with Crippen molar-refractivity contribution in [3.63, 3.8) is 0 Å². The molecule has 1 amide bonds. The molecule has 2 rings (SSSR count). The minimum Gasteiger partial charge on any atom is -0.379 e. The fourth-order valence-electron chi connectivity index (χ4n) is 1.61. The van der Waals surface area contributed by atoms with Crippen molar-refractivity contribution in [2.24, 2.45) is 0 Å². The van der Waals surface area contributed by atoms with Gasteiger partial charge in [-0.05, 0) is 31.2 Å². The molecule has 98 valence electrons. The second kappa shape index (κ2) is 6.49. The SMILES string of the molecule is CCNC(=O)c1cc(NCc2ccccn2)ccn1. The van der Waals surface area contributed by atoms with Crippen LogP contribution >= 0.6 is 0 Å². The predicted molar refractivity (Wildman–Crippen MR) is 73.8 cm³/mol. The number of hydrogen-bond donors (Lipinski definition) is 2. The quantitative estimate of drug-likeness (QED) is 0.856. The van der Waals surface area contributed by atoms with E-state index in [4.69, 9.17) is 0 Å². The number of anilines is 1. The molecule has 5 heteroatoms. The highest BCUT2D eigenvalue weighted by molar-refractivity contribution is 5.93. The molecular weight excluding hydrogens is 240 g/mol. The third-order valence-corrected chi connectivity index (χ3v) is 2.53. The van der Waals surface area contributed by atoms with Crippen LogP contribution < -0.4 is 10.6 Å². The van der Waals surface area contributed by atoms with Crippen molar-refractivity contribution in [1.82, 2.24) is 15.3 Å². The van der Waals surface area contributed by atoms with E-state index in [1.807, 2.05) is 31.2 Å². The summed E-state index contributed by atoms with van der Waals surface area (Å²) in [6, 6.07) is 9.32. The highest BCUT2D eigenvalue weighted by atomic mass is 16.1. The molecule has 2 aromatic heterocycles. The molecule has 0 atom stereocenters. The second-order valence-corrected chi connectivity index (χ2v) is 3.96. The lowest BCUT2D eigenvalue weighted by Gasteiger charge is -2.07. The fraction of sp³-hybridized carbons (Fsp3) is 0.214. The summed E-state index contributed by atoms with van der Waals surface area (Å²) in [6.45, 7) is 3.08. The van der Waals surface area contributed by atoms with Crippen molar-refractivity contribution in [1.29, 1.82) is 0 Å². The maximum absolute atomic E-state index is 11.7. The molecule has 0 fully saturated rings. The molecule has 5 nitrogen and oxygen atoms in total. The minimum atomic E-state index is -0.163. The number of hydrogen-bond acceptors (Lipinski definition) is 4. The van der Waals surface area contributed by atoms with Gasteiger partial charge in [0.2, 0.25) is 0 Å². The monoisotopic (exact) mass is 256 g/mol. The zero-order chi connectivity index (χ0) is 13.5. The Hall–Kier alpha value is -2.43. The van der Waals surface area contributed by atoms with Crippen LogP contribution in [0.25, 0.3) is 0 Å². The topological polar surface area (TPSA) is 66.9 Å². The standard InChI is InChI=1S/C14H16N4O/c1-2-15-14(19)13-9-11(6-8-17-13)18-10-12-5-3-4-7-16-12/h3-9H,2,10H2,1H3,(H,15,19)(H,17,18). The van der Waals surface area contributed by atoms with Gasteiger partial charge in [-0.25, -0.2) is 0 Å². The van der Waals surface area contributed by atoms with Crippen molar-refractivity contribution in [3.8, 4) is 0 Å².